The molecule has 3 aromatic heterocycles. The van der Waals surface area contributed by atoms with Crippen molar-refractivity contribution in [3.05, 3.63) is 85.1 Å². The lowest BCUT2D eigenvalue weighted by atomic mass is 9.81. The molecule has 3 N–H and O–H groups in total. The molecule has 14 heteroatoms. The van der Waals surface area contributed by atoms with Gasteiger partial charge in [0, 0.05) is 79.6 Å². The number of piperazine rings is 1. The van der Waals surface area contributed by atoms with E-state index in [2.05, 4.69) is 40.5 Å². The highest BCUT2D eigenvalue weighted by Crippen LogP contribution is 2.35. The lowest BCUT2D eigenvalue weighted by Crippen LogP contribution is -2.56. The number of anilines is 2. The number of nitrogens with zero attached hydrogens (tertiary/aromatic N) is 8. The Bertz CT molecular complexity index is 2040. The van der Waals surface area contributed by atoms with Gasteiger partial charge in [0.05, 0.1) is 23.5 Å². The normalized spacial score (nSPS) is 20.0. The van der Waals surface area contributed by atoms with Gasteiger partial charge in [-0.25, -0.2) is 19.3 Å². The van der Waals surface area contributed by atoms with Gasteiger partial charge in [0.2, 0.25) is 11.8 Å². The van der Waals surface area contributed by atoms with Crippen LogP contribution in [0.3, 0.4) is 0 Å². The molecule has 2 aliphatic heterocycles. The number of fused-ring (bicyclic) bond motifs is 1. The van der Waals surface area contributed by atoms with E-state index in [1.165, 1.54) is 12.1 Å². The summed E-state index contributed by atoms with van der Waals surface area (Å²) in [6, 6.07) is 17.1. The van der Waals surface area contributed by atoms with Crippen LogP contribution in [0.2, 0.25) is 0 Å². The standard InChI is InChI=1S/C36H37FN10O3/c1-23-20-46(31-11-6-26(19-40-31)34-38-13-3-14-39-34)16-17-47(23)32(48)21-45-15-12-36(22-45,24(2)44-50)35(49)41-28-9-10-30-29(18-28)33(43-42-30)25-4-7-27(37)8-5-25/h3-11,13-14,18-19,23,50H,12,15-17,20-22H2,1-2H3,(H,41,49)(H,42,43)/t23-,36?/m1/s1. The van der Waals surface area contributed by atoms with Crippen LogP contribution in [0, 0.1) is 11.2 Å². The third kappa shape index (κ3) is 6.36. The molecule has 1 unspecified atom stereocenters. The van der Waals surface area contributed by atoms with Crippen molar-refractivity contribution in [3.63, 3.8) is 0 Å². The summed E-state index contributed by atoms with van der Waals surface area (Å²) >= 11 is 0. The molecule has 2 aromatic carbocycles. The minimum Gasteiger partial charge on any atom is -0.411 e. The molecular weight excluding hydrogens is 639 g/mol. The van der Waals surface area contributed by atoms with Crippen molar-refractivity contribution in [1.82, 2.24) is 34.9 Å². The number of benzene rings is 2. The van der Waals surface area contributed by atoms with E-state index in [0.717, 1.165) is 27.8 Å². The average molecular weight is 677 g/mol. The Morgan fingerprint density at radius 3 is 2.54 bits per heavy atom. The SMILES string of the molecule is CC(=NO)C1(C(=O)Nc2ccc3[nH]nc(-c4ccc(F)cc4)c3c2)CCN(CC(=O)N2CCN(c3ccc(-c4ncccn4)cn3)C[C@H]2C)C1. The number of nitrogens with one attached hydrogen (secondary N) is 2. The van der Waals surface area contributed by atoms with Gasteiger partial charge < -0.3 is 20.3 Å². The van der Waals surface area contributed by atoms with Crippen molar-refractivity contribution in [2.75, 3.05) is 49.5 Å². The monoisotopic (exact) mass is 676 g/mol. The van der Waals surface area contributed by atoms with Crippen LogP contribution in [-0.2, 0) is 9.59 Å². The number of halogens is 1. The fourth-order valence-corrected chi connectivity index (χ4v) is 6.91. The molecular formula is C36H37FN10O3. The fraction of sp³-hybridized carbons (Fsp3) is 0.306. The molecule has 2 aliphatic rings. The molecule has 5 aromatic rings. The average Bonchev–Trinajstić information content (AvgIpc) is 3.77. The third-order valence-electron chi connectivity index (χ3n) is 9.77. The Morgan fingerprint density at radius 2 is 1.82 bits per heavy atom. The third-order valence-corrected chi connectivity index (χ3v) is 9.77. The minimum absolute atomic E-state index is 0.0183. The molecule has 5 heterocycles. The molecule has 50 heavy (non-hydrogen) atoms. The van der Waals surface area contributed by atoms with E-state index in [1.807, 2.05) is 41.0 Å². The van der Waals surface area contributed by atoms with E-state index in [4.69, 9.17) is 0 Å². The minimum atomic E-state index is -1.13. The Hall–Kier alpha value is -5.76. The molecule has 0 spiro atoms. The zero-order valence-electron chi connectivity index (χ0n) is 27.8. The van der Waals surface area contributed by atoms with E-state index < -0.39 is 5.41 Å². The van der Waals surface area contributed by atoms with Gasteiger partial charge in [0.1, 0.15) is 17.1 Å². The van der Waals surface area contributed by atoms with Crippen LogP contribution in [0.25, 0.3) is 33.5 Å². The summed E-state index contributed by atoms with van der Waals surface area (Å²) in [7, 11) is 0. The summed E-state index contributed by atoms with van der Waals surface area (Å²) in [5, 5.41) is 24.4. The number of rotatable bonds is 8. The quantitative estimate of drug-likeness (QED) is 0.123. The fourth-order valence-electron chi connectivity index (χ4n) is 6.91. The van der Waals surface area contributed by atoms with Gasteiger partial charge in [-0.3, -0.25) is 19.6 Å². The smallest absolute Gasteiger partial charge is 0.237 e. The molecule has 0 radical (unpaired) electrons. The highest BCUT2D eigenvalue weighted by atomic mass is 19.1. The van der Waals surface area contributed by atoms with E-state index in [9.17, 15) is 19.2 Å². The van der Waals surface area contributed by atoms with E-state index in [-0.39, 0.29) is 42.5 Å². The molecule has 0 aliphatic carbocycles. The summed E-state index contributed by atoms with van der Waals surface area (Å²) in [6.07, 6.45) is 5.55. The van der Waals surface area contributed by atoms with Crippen LogP contribution in [-0.4, -0.2) is 103 Å². The van der Waals surface area contributed by atoms with Gasteiger partial charge in [-0.1, -0.05) is 5.16 Å². The lowest BCUT2D eigenvalue weighted by Gasteiger charge is -2.41. The number of aromatic nitrogens is 5. The predicted molar refractivity (Wildman–Crippen MR) is 187 cm³/mol. The molecule has 2 amide bonds. The van der Waals surface area contributed by atoms with Crippen LogP contribution in [0.1, 0.15) is 20.3 Å². The van der Waals surface area contributed by atoms with Crippen molar-refractivity contribution >= 4 is 39.9 Å². The van der Waals surface area contributed by atoms with Crippen LogP contribution in [0.4, 0.5) is 15.9 Å². The number of hydrogen-bond acceptors (Lipinski definition) is 10. The van der Waals surface area contributed by atoms with Crippen molar-refractivity contribution in [3.8, 4) is 22.6 Å². The number of carbonyl (C=O) groups excluding carboxylic acids is 2. The summed E-state index contributed by atoms with van der Waals surface area (Å²) < 4.78 is 13.5. The second-order valence-electron chi connectivity index (χ2n) is 12.9. The van der Waals surface area contributed by atoms with E-state index >= 15 is 0 Å². The predicted octanol–water partition coefficient (Wildman–Crippen LogP) is 4.44. The summed E-state index contributed by atoms with van der Waals surface area (Å²) in [5.74, 6) is 0.763. The Labute approximate surface area is 287 Å². The number of aromatic amines is 1. The maximum absolute atomic E-state index is 14.0. The number of likely N-dealkylation sites (tertiary alicyclic amines) is 1. The highest BCUT2D eigenvalue weighted by molar-refractivity contribution is 6.13. The molecule has 2 fully saturated rings. The zero-order valence-corrected chi connectivity index (χ0v) is 27.8. The summed E-state index contributed by atoms with van der Waals surface area (Å²) in [6.45, 7) is 6.32. The second-order valence-corrected chi connectivity index (χ2v) is 12.9. The molecule has 7 rings (SSSR count). The number of H-pyrrole nitrogens is 1. The van der Waals surface area contributed by atoms with Gasteiger partial charge in [-0.05, 0) is 80.9 Å². The first-order valence-corrected chi connectivity index (χ1v) is 16.5. The molecule has 2 saturated heterocycles. The van der Waals surface area contributed by atoms with Crippen molar-refractivity contribution in [1.29, 1.82) is 0 Å². The van der Waals surface area contributed by atoms with Crippen LogP contribution < -0.4 is 10.2 Å². The van der Waals surface area contributed by atoms with Crippen LogP contribution in [0.5, 0.6) is 0 Å². The van der Waals surface area contributed by atoms with Crippen LogP contribution in [0.15, 0.2) is 84.4 Å². The van der Waals surface area contributed by atoms with Gasteiger partial charge in [0.25, 0.3) is 0 Å². The Kier molecular flexibility index (Phi) is 8.93. The lowest BCUT2D eigenvalue weighted by molar-refractivity contribution is -0.135. The number of pyridine rings is 1. The molecule has 2 atom stereocenters. The van der Waals surface area contributed by atoms with Crippen molar-refractivity contribution in [2.24, 2.45) is 10.6 Å². The molecule has 0 saturated carbocycles. The molecule has 0 bridgehead atoms. The zero-order chi connectivity index (χ0) is 34.8. The van der Waals surface area contributed by atoms with E-state index in [0.29, 0.717) is 49.8 Å². The maximum atomic E-state index is 14.0. The van der Waals surface area contributed by atoms with Gasteiger partial charge >= 0.3 is 0 Å². The number of hydrogen-bond donors (Lipinski definition) is 3. The summed E-state index contributed by atoms with van der Waals surface area (Å²) in [5.41, 5.74) is 2.65. The van der Waals surface area contributed by atoms with Crippen LogP contribution >= 0.6 is 0 Å². The molecule has 256 valence electrons. The van der Waals surface area contributed by atoms with E-state index in [1.54, 1.807) is 49.8 Å². The van der Waals surface area contributed by atoms with Crippen molar-refractivity contribution in [2.45, 2.75) is 26.3 Å². The molecule has 13 nitrogen and oxygen atoms in total. The maximum Gasteiger partial charge on any atom is 0.237 e. The number of carbonyl (C=O) groups is 2. The topological polar surface area (TPSA) is 156 Å². The van der Waals surface area contributed by atoms with Gasteiger partial charge in [-0.15, -0.1) is 0 Å². The first-order chi connectivity index (χ1) is 24.2. The number of amides is 2. The highest BCUT2D eigenvalue weighted by Gasteiger charge is 2.48. The Morgan fingerprint density at radius 1 is 1.04 bits per heavy atom. The summed E-state index contributed by atoms with van der Waals surface area (Å²) in [4.78, 5) is 46.8. The first kappa shape index (κ1) is 32.8. The first-order valence-electron chi connectivity index (χ1n) is 16.5. The Balaban J connectivity index is 0.993. The number of oxime groups is 1. The largest absolute Gasteiger partial charge is 0.411 e. The van der Waals surface area contributed by atoms with Crippen molar-refractivity contribution < 1.29 is 19.2 Å². The van der Waals surface area contributed by atoms with Gasteiger partial charge in [-0.2, -0.15) is 5.10 Å². The second kappa shape index (κ2) is 13.6. The van der Waals surface area contributed by atoms with Gasteiger partial charge in [0.15, 0.2) is 5.82 Å².